The Balaban J connectivity index is 2.24. The lowest BCUT2D eigenvalue weighted by Crippen LogP contribution is -2.52. The summed E-state index contributed by atoms with van der Waals surface area (Å²) in [5, 5.41) is 8.46. The highest BCUT2D eigenvalue weighted by molar-refractivity contribution is 5.86. The van der Waals surface area contributed by atoms with Crippen LogP contribution >= 0.6 is 0 Å². The van der Waals surface area contributed by atoms with Gasteiger partial charge in [0.25, 0.3) is 0 Å². The van der Waals surface area contributed by atoms with E-state index in [-0.39, 0.29) is 18.0 Å². The number of likely N-dealkylation sites (tertiary alicyclic amines) is 1. The highest BCUT2D eigenvalue weighted by Crippen LogP contribution is 2.11. The number of amides is 3. The van der Waals surface area contributed by atoms with E-state index in [4.69, 9.17) is 0 Å². The van der Waals surface area contributed by atoms with Crippen LogP contribution in [0.2, 0.25) is 0 Å². The molecule has 3 amide bonds. The van der Waals surface area contributed by atoms with Crippen molar-refractivity contribution < 1.29 is 9.59 Å². The molecule has 22 heavy (non-hydrogen) atoms. The van der Waals surface area contributed by atoms with Gasteiger partial charge in [-0.3, -0.25) is 4.79 Å². The molecular formula is C16H32N4O2. The number of nitrogens with one attached hydrogen (secondary N) is 3. The van der Waals surface area contributed by atoms with Crippen LogP contribution < -0.4 is 16.0 Å². The molecule has 1 heterocycles. The smallest absolute Gasteiger partial charge is 0.315 e. The maximum absolute atomic E-state index is 11.9. The molecule has 0 saturated carbocycles. The molecule has 3 N–H and O–H groups in total. The van der Waals surface area contributed by atoms with Crippen molar-refractivity contribution in [2.45, 2.75) is 59.0 Å². The molecule has 1 saturated heterocycles. The SMILES string of the molecule is CCCNC(=O)[C@H](C)NC(=O)NC1CCN(CC(C)C)CC1. The van der Waals surface area contributed by atoms with Gasteiger partial charge in [-0.2, -0.15) is 0 Å². The fourth-order valence-corrected chi connectivity index (χ4v) is 2.67. The van der Waals surface area contributed by atoms with E-state index in [9.17, 15) is 9.59 Å². The summed E-state index contributed by atoms with van der Waals surface area (Å²) < 4.78 is 0. The van der Waals surface area contributed by atoms with Crippen molar-refractivity contribution in [1.82, 2.24) is 20.9 Å². The molecule has 128 valence electrons. The summed E-state index contributed by atoms with van der Waals surface area (Å²) >= 11 is 0. The Morgan fingerprint density at radius 1 is 1.18 bits per heavy atom. The van der Waals surface area contributed by atoms with Crippen LogP contribution in [0.25, 0.3) is 0 Å². The van der Waals surface area contributed by atoms with E-state index < -0.39 is 6.04 Å². The van der Waals surface area contributed by atoms with Crippen molar-refractivity contribution in [1.29, 1.82) is 0 Å². The van der Waals surface area contributed by atoms with Crippen LogP contribution in [0.15, 0.2) is 0 Å². The minimum Gasteiger partial charge on any atom is -0.354 e. The summed E-state index contributed by atoms with van der Waals surface area (Å²) in [6, 6.07) is -0.552. The summed E-state index contributed by atoms with van der Waals surface area (Å²) in [5.74, 6) is 0.541. The van der Waals surface area contributed by atoms with Gasteiger partial charge in [-0.05, 0) is 32.1 Å². The molecule has 1 rings (SSSR count). The third-order valence-electron chi connectivity index (χ3n) is 3.84. The van der Waals surface area contributed by atoms with Crippen LogP contribution in [0.4, 0.5) is 4.79 Å². The van der Waals surface area contributed by atoms with Gasteiger partial charge in [-0.15, -0.1) is 0 Å². The molecule has 0 spiro atoms. The molecule has 1 aliphatic rings. The predicted molar refractivity (Wildman–Crippen MR) is 88.7 cm³/mol. The van der Waals surface area contributed by atoms with Gasteiger partial charge in [-0.25, -0.2) is 4.79 Å². The van der Waals surface area contributed by atoms with Gasteiger partial charge < -0.3 is 20.9 Å². The number of carbonyl (C=O) groups is 2. The predicted octanol–water partition coefficient (Wildman–Crippen LogP) is 1.32. The Morgan fingerprint density at radius 3 is 2.36 bits per heavy atom. The molecule has 0 aliphatic carbocycles. The van der Waals surface area contributed by atoms with Gasteiger partial charge in [0.1, 0.15) is 6.04 Å². The molecule has 0 bridgehead atoms. The lowest BCUT2D eigenvalue weighted by atomic mass is 10.0. The molecule has 0 aromatic heterocycles. The van der Waals surface area contributed by atoms with Gasteiger partial charge in [-0.1, -0.05) is 20.8 Å². The van der Waals surface area contributed by atoms with Crippen LogP contribution in [0.5, 0.6) is 0 Å². The molecule has 1 aliphatic heterocycles. The van der Waals surface area contributed by atoms with Gasteiger partial charge in [0.05, 0.1) is 0 Å². The Kier molecular flexibility index (Phi) is 8.24. The standard InChI is InChI=1S/C16H32N4O2/c1-5-8-17-15(21)13(4)18-16(22)19-14-6-9-20(10-7-14)11-12(2)3/h12-14H,5-11H2,1-4H3,(H,17,21)(H2,18,19,22)/t13-/m0/s1. The molecule has 0 radical (unpaired) electrons. The second kappa shape index (κ2) is 9.66. The highest BCUT2D eigenvalue weighted by atomic mass is 16.2. The first-order valence-corrected chi connectivity index (χ1v) is 8.49. The maximum atomic E-state index is 11.9. The quantitative estimate of drug-likeness (QED) is 0.664. The summed E-state index contributed by atoms with van der Waals surface area (Å²) in [6.45, 7) is 12.0. The van der Waals surface area contributed by atoms with Gasteiger partial charge in [0, 0.05) is 32.2 Å². The van der Waals surface area contributed by atoms with E-state index in [1.54, 1.807) is 6.92 Å². The fraction of sp³-hybridized carbons (Fsp3) is 0.875. The third-order valence-corrected chi connectivity index (χ3v) is 3.84. The summed E-state index contributed by atoms with van der Waals surface area (Å²) in [5.41, 5.74) is 0. The van der Waals surface area contributed by atoms with Crippen LogP contribution in [-0.2, 0) is 4.79 Å². The molecular weight excluding hydrogens is 280 g/mol. The van der Waals surface area contributed by atoms with E-state index in [2.05, 4.69) is 34.7 Å². The van der Waals surface area contributed by atoms with Crippen molar-refractivity contribution in [3.05, 3.63) is 0 Å². The van der Waals surface area contributed by atoms with Crippen molar-refractivity contribution >= 4 is 11.9 Å². The van der Waals surface area contributed by atoms with Gasteiger partial charge in [0.2, 0.25) is 5.91 Å². The highest BCUT2D eigenvalue weighted by Gasteiger charge is 2.22. The molecule has 1 atom stereocenters. The number of hydrogen-bond donors (Lipinski definition) is 3. The summed E-state index contributed by atoms with van der Waals surface area (Å²) in [4.78, 5) is 26.1. The fourth-order valence-electron chi connectivity index (χ4n) is 2.67. The molecule has 0 aromatic carbocycles. The Bertz CT molecular complexity index is 352. The van der Waals surface area contributed by atoms with Gasteiger partial charge in [0.15, 0.2) is 0 Å². The van der Waals surface area contributed by atoms with Gasteiger partial charge >= 0.3 is 6.03 Å². The summed E-state index contributed by atoms with van der Waals surface area (Å²) in [6.07, 6.45) is 2.83. The van der Waals surface area contributed by atoms with E-state index in [0.29, 0.717) is 12.5 Å². The van der Waals surface area contributed by atoms with Crippen molar-refractivity contribution in [3.63, 3.8) is 0 Å². The van der Waals surface area contributed by atoms with E-state index in [1.165, 1.54) is 0 Å². The van der Waals surface area contributed by atoms with E-state index >= 15 is 0 Å². The monoisotopic (exact) mass is 312 g/mol. The lowest BCUT2D eigenvalue weighted by Gasteiger charge is -2.33. The number of rotatable bonds is 7. The third kappa shape index (κ3) is 7.11. The zero-order valence-corrected chi connectivity index (χ0v) is 14.4. The molecule has 0 unspecified atom stereocenters. The number of hydrogen-bond acceptors (Lipinski definition) is 3. The first-order chi connectivity index (χ1) is 10.4. The molecule has 6 nitrogen and oxygen atoms in total. The molecule has 1 fully saturated rings. The Hall–Kier alpha value is -1.30. The van der Waals surface area contributed by atoms with Crippen LogP contribution in [0, 0.1) is 5.92 Å². The van der Waals surface area contributed by atoms with Crippen molar-refractivity contribution in [2.24, 2.45) is 5.92 Å². The van der Waals surface area contributed by atoms with E-state index in [0.717, 1.165) is 38.9 Å². The van der Waals surface area contributed by atoms with E-state index in [1.807, 2.05) is 6.92 Å². The number of urea groups is 1. The number of piperidine rings is 1. The average molecular weight is 312 g/mol. The van der Waals surface area contributed by atoms with Crippen LogP contribution in [0.3, 0.4) is 0 Å². The second-order valence-corrected chi connectivity index (χ2v) is 6.60. The first-order valence-electron chi connectivity index (χ1n) is 8.49. The number of carbonyl (C=O) groups excluding carboxylic acids is 2. The zero-order valence-electron chi connectivity index (χ0n) is 14.4. The van der Waals surface area contributed by atoms with Crippen molar-refractivity contribution in [3.8, 4) is 0 Å². The molecule has 0 aromatic rings. The Labute approximate surface area is 134 Å². The minimum atomic E-state index is -0.507. The number of nitrogens with zero attached hydrogens (tertiary/aromatic N) is 1. The average Bonchev–Trinajstić information content (AvgIpc) is 2.46. The van der Waals surface area contributed by atoms with Crippen LogP contribution in [-0.4, -0.2) is 55.1 Å². The van der Waals surface area contributed by atoms with Crippen LogP contribution in [0.1, 0.15) is 47.0 Å². The molecule has 6 heteroatoms. The first kappa shape index (κ1) is 18.7. The van der Waals surface area contributed by atoms with Crippen molar-refractivity contribution in [2.75, 3.05) is 26.2 Å². The Morgan fingerprint density at radius 2 is 1.82 bits per heavy atom. The maximum Gasteiger partial charge on any atom is 0.315 e. The largest absolute Gasteiger partial charge is 0.354 e. The topological polar surface area (TPSA) is 73.5 Å². The second-order valence-electron chi connectivity index (χ2n) is 6.60. The lowest BCUT2D eigenvalue weighted by molar-refractivity contribution is -0.122. The summed E-state index contributed by atoms with van der Waals surface area (Å²) in [7, 11) is 0. The normalized spacial score (nSPS) is 18.0. The zero-order chi connectivity index (χ0) is 16.5. The minimum absolute atomic E-state index is 0.135.